The van der Waals surface area contributed by atoms with Gasteiger partial charge in [0.15, 0.2) is 5.78 Å². The van der Waals surface area contributed by atoms with Gasteiger partial charge in [0.25, 0.3) is 0 Å². The number of benzene rings is 3. The lowest BCUT2D eigenvalue weighted by Gasteiger charge is -2.45. The van der Waals surface area contributed by atoms with Crippen LogP contribution in [0.15, 0.2) is 60.7 Å². The molecule has 1 saturated heterocycles. The minimum atomic E-state index is -0.831. The Bertz CT molecular complexity index is 1210. The largest absolute Gasteiger partial charge is 0.297 e. The average Bonchev–Trinajstić information content (AvgIpc) is 3.11. The van der Waals surface area contributed by atoms with Gasteiger partial charge in [-0.25, -0.2) is 4.39 Å². The number of halogens is 1. The van der Waals surface area contributed by atoms with E-state index in [0.717, 1.165) is 43.9 Å². The van der Waals surface area contributed by atoms with Crippen molar-refractivity contribution < 1.29 is 9.18 Å². The third-order valence-electron chi connectivity index (χ3n) is 7.47. The molecule has 3 aromatic rings. The highest BCUT2D eigenvalue weighted by molar-refractivity contribution is 6.08. The molecule has 3 nitrogen and oxygen atoms in total. The lowest BCUT2D eigenvalue weighted by Crippen LogP contribution is -2.58. The Labute approximate surface area is 195 Å². The van der Waals surface area contributed by atoms with Crippen molar-refractivity contribution in [3.05, 3.63) is 105 Å². The highest BCUT2D eigenvalue weighted by atomic mass is 19.1. The van der Waals surface area contributed by atoms with Crippen molar-refractivity contribution in [2.75, 3.05) is 26.2 Å². The van der Waals surface area contributed by atoms with Crippen LogP contribution in [0.2, 0.25) is 0 Å². The van der Waals surface area contributed by atoms with Gasteiger partial charge in [-0.05, 0) is 43.5 Å². The van der Waals surface area contributed by atoms with Gasteiger partial charge < -0.3 is 0 Å². The number of carbonyl (C=O) groups is 1. The van der Waals surface area contributed by atoms with Gasteiger partial charge in [0.1, 0.15) is 11.4 Å². The summed E-state index contributed by atoms with van der Waals surface area (Å²) in [7, 11) is 0. The van der Waals surface area contributed by atoms with E-state index in [2.05, 4.69) is 47.9 Å². The molecular formula is C29H31FN2O. The summed E-state index contributed by atoms with van der Waals surface area (Å²) in [6.07, 6.45) is 0.397. The van der Waals surface area contributed by atoms with Crippen molar-refractivity contribution in [2.24, 2.45) is 0 Å². The van der Waals surface area contributed by atoms with Crippen LogP contribution in [-0.2, 0) is 18.5 Å². The number of nitrogens with zero attached hydrogens (tertiary/aromatic N) is 2. The zero-order chi connectivity index (χ0) is 23.2. The SMILES string of the molecule is Cc1cccc(C2(N3CCN(Cc4ccc(C)cc4C)CC3)Cc3c(F)cccc3C2=O)c1. The maximum absolute atomic E-state index is 14.8. The molecule has 1 aliphatic carbocycles. The standard InChI is InChI=1S/C29H31FN2O/c1-20-6-4-7-24(17-20)29(18-26-25(28(29)33)8-5-9-27(26)30)32-14-12-31(13-15-32)19-23-11-10-21(2)16-22(23)3/h4-11,16-17H,12-15,18-19H2,1-3H3. The Morgan fingerprint density at radius 2 is 1.61 bits per heavy atom. The molecule has 3 aromatic carbocycles. The van der Waals surface area contributed by atoms with Crippen LogP contribution in [0.4, 0.5) is 4.39 Å². The predicted octanol–water partition coefficient (Wildman–Crippen LogP) is 5.20. The number of Topliss-reactive ketones (excluding diaryl/α,β-unsaturated/α-hetero) is 1. The van der Waals surface area contributed by atoms with Crippen LogP contribution in [0.1, 0.15) is 43.7 Å². The number of carbonyl (C=O) groups excluding carboxylic acids is 1. The van der Waals surface area contributed by atoms with E-state index in [1.807, 2.05) is 25.1 Å². The summed E-state index contributed by atoms with van der Waals surface area (Å²) < 4.78 is 14.8. The second-order valence-corrected chi connectivity index (χ2v) is 9.69. The van der Waals surface area contributed by atoms with Gasteiger partial charge in [-0.2, -0.15) is 0 Å². The van der Waals surface area contributed by atoms with Gasteiger partial charge >= 0.3 is 0 Å². The van der Waals surface area contributed by atoms with Crippen LogP contribution in [0, 0.1) is 26.6 Å². The third-order valence-corrected chi connectivity index (χ3v) is 7.47. The van der Waals surface area contributed by atoms with Crippen LogP contribution in [0.25, 0.3) is 0 Å². The van der Waals surface area contributed by atoms with Gasteiger partial charge in [-0.15, -0.1) is 0 Å². The molecule has 4 heteroatoms. The highest BCUT2D eigenvalue weighted by Gasteiger charge is 2.52. The first-order valence-corrected chi connectivity index (χ1v) is 11.8. The van der Waals surface area contributed by atoms with Crippen LogP contribution < -0.4 is 0 Å². The molecule has 2 aliphatic rings. The van der Waals surface area contributed by atoms with E-state index in [0.29, 0.717) is 17.5 Å². The molecule has 0 bridgehead atoms. The molecule has 33 heavy (non-hydrogen) atoms. The monoisotopic (exact) mass is 442 g/mol. The van der Waals surface area contributed by atoms with E-state index < -0.39 is 5.54 Å². The number of aryl methyl sites for hydroxylation is 3. The van der Waals surface area contributed by atoms with Crippen molar-refractivity contribution in [1.29, 1.82) is 0 Å². The highest BCUT2D eigenvalue weighted by Crippen LogP contribution is 2.44. The Morgan fingerprint density at radius 3 is 2.30 bits per heavy atom. The Hall–Kier alpha value is -2.82. The normalized spacial score (nSPS) is 21.4. The van der Waals surface area contributed by atoms with Crippen LogP contribution in [-0.4, -0.2) is 41.8 Å². The molecule has 1 unspecified atom stereocenters. The van der Waals surface area contributed by atoms with Crippen molar-refractivity contribution >= 4 is 5.78 Å². The summed E-state index contributed by atoms with van der Waals surface area (Å²) in [5, 5.41) is 0. The Balaban J connectivity index is 1.44. The van der Waals surface area contributed by atoms with Crippen LogP contribution in [0.3, 0.4) is 0 Å². The van der Waals surface area contributed by atoms with Crippen LogP contribution >= 0.6 is 0 Å². The Kier molecular flexibility index (Phi) is 5.67. The van der Waals surface area contributed by atoms with Gasteiger partial charge in [0.05, 0.1) is 0 Å². The summed E-state index contributed by atoms with van der Waals surface area (Å²) >= 11 is 0. The van der Waals surface area contributed by atoms with E-state index >= 15 is 0 Å². The molecule has 1 heterocycles. The summed E-state index contributed by atoms with van der Waals surface area (Å²) in [5.41, 5.74) is 6.32. The minimum Gasteiger partial charge on any atom is -0.297 e. The second-order valence-electron chi connectivity index (χ2n) is 9.69. The van der Waals surface area contributed by atoms with Crippen molar-refractivity contribution in [2.45, 2.75) is 39.3 Å². The fourth-order valence-corrected chi connectivity index (χ4v) is 5.64. The fraction of sp³-hybridized carbons (Fsp3) is 0.345. The smallest absolute Gasteiger partial charge is 0.188 e. The maximum atomic E-state index is 14.8. The number of rotatable bonds is 4. The number of fused-ring (bicyclic) bond motifs is 1. The first-order chi connectivity index (χ1) is 15.9. The number of hydrogen-bond donors (Lipinski definition) is 0. The van der Waals surface area contributed by atoms with Crippen molar-refractivity contribution in [3.63, 3.8) is 0 Å². The van der Waals surface area contributed by atoms with Gasteiger partial charge in [0, 0.05) is 50.3 Å². The van der Waals surface area contributed by atoms with Gasteiger partial charge in [-0.3, -0.25) is 14.6 Å². The Morgan fingerprint density at radius 1 is 0.879 bits per heavy atom. The molecule has 0 saturated carbocycles. The van der Waals surface area contributed by atoms with Gasteiger partial charge in [-0.1, -0.05) is 65.7 Å². The fourth-order valence-electron chi connectivity index (χ4n) is 5.64. The molecule has 1 aliphatic heterocycles. The summed E-state index contributed by atoms with van der Waals surface area (Å²) in [6, 6.07) is 19.7. The molecule has 0 aromatic heterocycles. The van der Waals surface area contributed by atoms with Crippen LogP contribution in [0.5, 0.6) is 0 Å². The minimum absolute atomic E-state index is 0.0328. The summed E-state index contributed by atoms with van der Waals surface area (Å²) in [4.78, 5) is 18.7. The molecule has 5 rings (SSSR count). The number of hydrogen-bond acceptors (Lipinski definition) is 3. The van der Waals surface area contributed by atoms with Crippen molar-refractivity contribution in [1.82, 2.24) is 9.80 Å². The molecular weight excluding hydrogens is 411 g/mol. The predicted molar refractivity (Wildman–Crippen MR) is 130 cm³/mol. The van der Waals surface area contributed by atoms with E-state index in [-0.39, 0.29) is 11.6 Å². The lowest BCUT2D eigenvalue weighted by atomic mass is 9.82. The molecule has 0 N–H and O–H groups in total. The van der Waals surface area contributed by atoms with E-state index in [1.165, 1.54) is 22.8 Å². The van der Waals surface area contributed by atoms with E-state index in [9.17, 15) is 9.18 Å². The lowest BCUT2D eigenvalue weighted by molar-refractivity contribution is 0.0286. The average molecular weight is 443 g/mol. The molecule has 0 amide bonds. The van der Waals surface area contributed by atoms with Crippen molar-refractivity contribution in [3.8, 4) is 0 Å². The molecule has 0 spiro atoms. The molecule has 1 atom stereocenters. The second kappa shape index (κ2) is 8.51. The first kappa shape index (κ1) is 22.0. The first-order valence-electron chi connectivity index (χ1n) is 11.8. The molecule has 170 valence electrons. The topological polar surface area (TPSA) is 23.6 Å². The third kappa shape index (κ3) is 3.81. The summed E-state index contributed by atoms with van der Waals surface area (Å²) in [6.45, 7) is 10.6. The summed E-state index contributed by atoms with van der Waals surface area (Å²) in [5.74, 6) is -0.241. The molecule has 0 radical (unpaired) electrons. The number of piperazine rings is 1. The molecule has 1 fully saturated rings. The number of ketones is 1. The van der Waals surface area contributed by atoms with E-state index in [4.69, 9.17) is 0 Å². The zero-order valence-corrected chi connectivity index (χ0v) is 19.7. The quantitative estimate of drug-likeness (QED) is 0.555. The zero-order valence-electron chi connectivity index (χ0n) is 19.7. The van der Waals surface area contributed by atoms with Gasteiger partial charge in [0.2, 0.25) is 0 Å². The maximum Gasteiger partial charge on any atom is 0.188 e. The van der Waals surface area contributed by atoms with E-state index in [1.54, 1.807) is 12.1 Å².